The van der Waals surface area contributed by atoms with Gasteiger partial charge in [-0.05, 0) is 33.2 Å². The van der Waals surface area contributed by atoms with Gasteiger partial charge in [0.15, 0.2) is 0 Å². The van der Waals surface area contributed by atoms with Crippen LogP contribution in [0, 0.1) is 0 Å². The van der Waals surface area contributed by atoms with Gasteiger partial charge in [-0.3, -0.25) is 4.99 Å². The Hall–Kier alpha value is -0.570. The second-order valence-corrected chi connectivity index (χ2v) is 3.56. The van der Waals surface area contributed by atoms with E-state index >= 15 is 0 Å². The summed E-state index contributed by atoms with van der Waals surface area (Å²) in [6.45, 7) is 5.41. The summed E-state index contributed by atoms with van der Waals surface area (Å²) in [4.78, 5) is 4.25. The molecule has 0 aromatic carbocycles. The molecule has 0 radical (unpaired) electrons. The molecule has 0 amide bonds. The highest BCUT2D eigenvalue weighted by Crippen LogP contribution is 2.05. The van der Waals surface area contributed by atoms with Gasteiger partial charge in [0.05, 0.1) is 6.04 Å². The Morgan fingerprint density at radius 1 is 1.58 bits per heavy atom. The van der Waals surface area contributed by atoms with E-state index in [4.69, 9.17) is 0 Å². The van der Waals surface area contributed by atoms with Crippen molar-refractivity contribution in [3.8, 4) is 0 Å². The predicted octanol–water partition coefficient (Wildman–Crippen LogP) is 0.765. The summed E-state index contributed by atoms with van der Waals surface area (Å²) in [5.41, 5.74) is 0. The van der Waals surface area contributed by atoms with Gasteiger partial charge in [0, 0.05) is 13.1 Å². The third-order valence-electron chi connectivity index (χ3n) is 2.07. The normalized spacial score (nSPS) is 25.0. The third kappa shape index (κ3) is 2.48. The van der Waals surface area contributed by atoms with E-state index in [1.807, 2.05) is 7.05 Å². The molecule has 1 heterocycles. The molecule has 1 aliphatic rings. The van der Waals surface area contributed by atoms with Gasteiger partial charge < -0.3 is 10.6 Å². The topological polar surface area (TPSA) is 36.4 Å². The van der Waals surface area contributed by atoms with Gasteiger partial charge in [0.25, 0.3) is 0 Å². The third-order valence-corrected chi connectivity index (χ3v) is 2.07. The van der Waals surface area contributed by atoms with Crippen molar-refractivity contribution >= 4 is 5.84 Å². The molecular formula is C9H19N3. The highest BCUT2D eigenvalue weighted by molar-refractivity contribution is 5.87. The molecule has 0 unspecified atom stereocenters. The first-order valence-electron chi connectivity index (χ1n) is 4.70. The van der Waals surface area contributed by atoms with Gasteiger partial charge in [-0.2, -0.15) is 0 Å². The Bertz CT molecular complexity index is 157. The summed E-state index contributed by atoms with van der Waals surface area (Å²) < 4.78 is 0. The van der Waals surface area contributed by atoms with Crippen LogP contribution in [0.5, 0.6) is 0 Å². The predicted molar refractivity (Wildman–Crippen MR) is 52.7 cm³/mol. The number of aliphatic imine (C=N–C) groups is 1. The lowest BCUT2D eigenvalue weighted by Gasteiger charge is -2.17. The lowest BCUT2D eigenvalue weighted by Crippen LogP contribution is -2.43. The number of nitrogens with zero attached hydrogens (tertiary/aromatic N) is 1. The summed E-state index contributed by atoms with van der Waals surface area (Å²) in [6, 6.07) is 0.948. The van der Waals surface area contributed by atoms with E-state index < -0.39 is 0 Å². The molecule has 3 nitrogen and oxygen atoms in total. The first kappa shape index (κ1) is 9.52. The van der Waals surface area contributed by atoms with E-state index in [9.17, 15) is 0 Å². The van der Waals surface area contributed by atoms with E-state index in [0.29, 0.717) is 12.1 Å². The minimum atomic E-state index is 0.470. The molecule has 1 atom stereocenters. The first-order valence-corrected chi connectivity index (χ1v) is 4.70. The molecule has 0 aliphatic carbocycles. The molecule has 1 saturated heterocycles. The average molecular weight is 169 g/mol. The van der Waals surface area contributed by atoms with Crippen molar-refractivity contribution in [2.75, 3.05) is 13.6 Å². The molecule has 1 fully saturated rings. The second-order valence-electron chi connectivity index (χ2n) is 3.56. The first-order chi connectivity index (χ1) is 5.74. The van der Waals surface area contributed by atoms with E-state index in [1.165, 1.54) is 12.8 Å². The Morgan fingerprint density at radius 2 is 2.33 bits per heavy atom. The SMILES string of the molecule is CN=C(NC(C)C)[C@@H]1CCCN1. The second kappa shape index (κ2) is 4.45. The molecule has 2 N–H and O–H groups in total. The van der Waals surface area contributed by atoms with Crippen LogP contribution >= 0.6 is 0 Å². The molecule has 0 bridgehead atoms. The summed E-state index contributed by atoms with van der Waals surface area (Å²) in [5, 5.41) is 6.78. The lowest BCUT2D eigenvalue weighted by molar-refractivity contribution is 0.668. The van der Waals surface area contributed by atoms with E-state index in [0.717, 1.165) is 12.4 Å². The van der Waals surface area contributed by atoms with E-state index in [2.05, 4.69) is 29.5 Å². The summed E-state index contributed by atoms with van der Waals surface area (Å²) >= 11 is 0. The Balaban J connectivity index is 2.44. The lowest BCUT2D eigenvalue weighted by atomic mass is 10.2. The largest absolute Gasteiger partial charge is 0.370 e. The van der Waals surface area contributed by atoms with Gasteiger partial charge in [-0.15, -0.1) is 0 Å². The van der Waals surface area contributed by atoms with Gasteiger partial charge in [-0.1, -0.05) is 0 Å². The summed E-state index contributed by atoms with van der Waals surface area (Å²) in [5.74, 6) is 1.11. The Kier molecular flexibility index (Phi) is 3.53. The molecule has 3 heteroatoms. The van der Waals surface area contributed by atoms with Crippen molar-refractivity contribution < 1.29 is 0 Å². The molecular weight excluding hydrogens is 150 g/mol. The molecule has 12 heavy (non-hydrogen) atoms. The van der Waals surface area contributed by atoms with Crippen molar-refractivity contribution in [3.63, 3.8) is 0 Å². The highest BCUT2D eigenvalue weighted by atomic mass is 15.1. The van der Waals surface area contributed by atoms with Crippen molar-refractivity contribution in [1.82, 2.24) is 10.6 Å². The van der Waals surface area contributed by atoms with E-state index in [-0.39, 0.29) is 0 Å². The zero-order chi connectivity index (χ0) is 8.97. The van der Waals surface area contributed by atoms with Gasteiger partial charge in [0.2, 0.25) is 0 Å². The van der Waals surface area contributed by atoms with Crippen molar-refractivity contribution in [2.24, 2.45) is 4.99 Å². The van der Waals surface area contributed by atoms with E-state index in [1.54, 1.807) is 0 Å². The smallest absolute Gasteiger partial charge is 0.113 e. The Morgan fingerprint density at radius 3 is 2.75 bits per heavy atom. The standard InChI is InChI=1S/C9H19N3/c1-7(2)12-9(10-3)8-5-4-6-11-8/h7-8,11H,4-6H2,1-3H3,(H,10,12)/t8-/m0/s1. The molecule has 70 valence electrons. The van der Waals surface area contributed by atoms with Crippen LogP contribution in [0.25, 0.3) is 0 Å². The van der Waals surface area contributed by atoms with Crippen LogP contribution in [0.3, 0.4) is 0 Å². The number of rotatable bonds is 2. The number of nitrogens with one attached hydrogen (secondary N) is 2. The van der Waals surface area contributed by atoms with Gasteiger partial charge in [0.1, 0.15) is 5.84 Å². The summed E-state index contributed by atoms with van der Waals surface area (Å²) in [7, 11) is 1.85. The molecule has 0 saturated carbocycles. The fourth-order valence-corrected chi connectivity index (χ4v) is 1.53. The molecule has 0 aromatic heterocycles. The fourth-order valence-electron chi connectivity index (χ4n) is 1.53. The zero-order valence-electron chi connectivity index (χ0n) is 8.22. The maximum absolute atomic E-state index is 4.25. The molecule has 0 aromatic rings. The highest BCUT2D eigenvalue weighted by Gasteiger charge is 2.19. The summed E-state index contributed by atoms with van der Waals surface area (Å²) in [6.07, 6.45) is 2.48. The maximum Gasteiger partial charge on any atom is 0.113 e. The number of hydrogen-bond donors (Lipinski definition) is 2. The quantitative estimate of drug-likeness (QED) is 0.473. The Labute approximate surface area is 74.6 Å². The van der Waals surface area contributed by atoms with Crippen LogP contribution in [0.15, 0.2) is 4.99 Å². The van der Waals surface area contributed by atoms with Crippen molar-refractivity contribution in [2.45, 2.75) is 38.8 Å². The van der Waals surface area contributed by atoms with Gasteiger partial charge in [-0.25, -0.2) is 0 Å². The maximum atomic E-state index is 4.25. The van der Waals surface area contributed by atoms with Crippen LogP contribution in [0.2, 0.25) is 0 Å². The van der Waals surface area contributed by atoms with Crippen molar-refractivity contribution in [1.29, 1.82) is 0 Å². The minimum absolute atomic E-state index is 0.470. The molecule has 1 aliphatic heterocycles. The zero-order valence-corrected chi connectivity index (χ0v) is 8.22. The molecule has 1 rings (SSSR count). The van der Waals surface area contributed by atoms with Crippen molar-refractivity contribution in [3.05, 3.63) is 0 Å². The molecule has 0 spiro atoms. The minimum Gasteiger partial charge on any atom is -0.370 e. The van der Waals surface area contributed by atoms with Crippen LogP contribution in [-0.2, 0) is 0 Å². The van der Waals surface area contributed by atoms with Crippen LogP contribution in [-0.4, -0.2) is 31.5 Å². The number of hydrogen-bond acceptors (Lipinski definition) is 2. The monoisotopic (exact) mass is 169 g/mol. The van der Waals surface area contributed by atoms with Crippen LogP contribution in [0.4, 0.5) is 0 Å². The van der Waals surface area contributed by atoms with Crippen LogP contribution < -0.4 is 10.6 Å². The van der Waals surface area contributed by atoms with Crippen LogP contribution in [0.1, 0.15) is 26.7 Å². The van der Waals surface area contributed by atoms with Gasteiger partial charge >= 0.3 is 0 Å². The fraction of sp³-hybridized carbons (Fsp3) is 0.889. The number of amidine groups is 1. The average Bonchev–Trinajstić information content (AvgIpc) is 2.51.